The number of benzene rings is 2. The Balaban J connectivity index is 1.66. The monoisotopic (exact) mass is 406 g/mol. The Labute approximate surface area is 172 Å². The maximum atomic E-state index is 13.7. The highest BCUT2D eigenvalue weighted by Gasteiger charge is 2.73. The van der Waals surface area contributed by atoms with Gasteiger partial charge in [-0.1, -0.05) is 30.3 Å². The number of hydrogen-bond donors (Lipinski definition) is 2. The number of carbonyl (C=O) groups is 4. The zero-order valence-corrected chi connectivity index (χ0v) is 16.4. The molecule has 0 bridgehead atoms. The van der Waals surface area contributed by atoms with E-state index >= 15 is 0 Å². The molecule has 3 amide bonds. The van der Waals surface area contributed by atoms with Crippen molar-refractivity contribution in [2.24, 2.45) is 11.8 Å². The number of amides is 3. The molecule has 152 valence electrons. The molecule has 2 aromatic rings. The zero-order valence-electron chi connectivity index (χ0n) is 16.4. The number of imide groups is 1. The molecule has 3 aliphatic rings. The summed E-state index contributed by atoms with van der Waals surface area (Å²) in [6.07, 6.45) is 0. The fourth-order valence-corrected chi connectivity index (χ4v) is 5.29. The highest BCUT2D eigenvalue weighted by atomic mass is 16.5. The van der Waals surface area contributed by atoms with E-state index in [1.54, 1.807) is 24.3 Å². The first-order valence-electron chi connectivity index (χ1n) is 9.74. The van der Waals surface area contributed by atoms with Gasteiger partial charge in [-0.2, -0.15) is 0 Å². The Morgan fingerprint density at radius 1 is 1.07 bits per heavy atom. The number of anilines is 2. The van der Waals surface area contributed by atoms with Gasteiger partial charge in [0.15, 0.2) is 0 Å². The van der Waals surface area contributed by atoms with Crippen molar-refractivity contribution < 1.29 is 29.2 Å². The summed E-state index contributed by atoms with van der Waals surface area (Å²) in [6, 6.07) is 13.3. The smallest absolute Gasteiger partial charge is 0.339 e. The van der Waals surface area contributed by atoms with Crippen LogP contribution in [0.3, 0.4) is 0 Å². The van der Waals surface area contributed by atoms with Gasteiger partial charge < -0.3 is 15.4 Å². The molecule has 5 rings (SSSR count). The Kier molecular flexibility index (Phi) is 3.85. The van der Waals surface area contributed by atoms with E-state index < -0.39 is 35.2 Å². The minimum atomic E-state index is -1.21. The van der Waals surface area contributed by atoms with Crippen LogP contribution in [0.5, 0.6) is 0 Å². The zero-order chi connectivity index (χ0) is 21.2. The van der Waals surface area contributed by atoms with Crippen LogP contribution in [0.4, 0.5) is 11.4 Å². The van der Waals surface area contributed by atoms with Crippen LogP contribution in [-0.4, -0.2) is 36.8 Å². The lowest BCUT2D eigenvalue weighted by Gasteiger charge is -2.26. The molecule has 8 nitrogen and oxygen atoms in total. The molecule has 3 heterocycles. The van der Waals surface area contributed by atoms with E-state index in [2.05, 4.69) is 5.32 Å². The molecule has 4 atom stereocenters. The number of nitrogens with two attached hydrogens (primary N) is 1. The van der Waals surface area contributed by atoms with E-state index in [-0.39, 0.29) is 23.2 Å². The number of esters is 1. The lowest BCUT2D eigenvalue weighted by atomic mass is 9.76. The molecule has 2 fully saturated rings. The van der Waals surface area contributed by atoms with Gasteiger partial charge in [0, 0.05) is 5.56 Å². The third-order valence-electron chi connectivity index (χ3n) is 6.48. The van der Waals surface area contributed by atoms with E-state index in [4.69, 9.17) is 4.74 Å². The molecule has 8 heteroatoms. The second-order valence-electron chi connectivity index (χ2n) is 7.92. The Hall–Kier alpha value is -3.52. The van der Waals surface area contributed by atoms with Crippen molar-refractivity contribution in [2.45, 2.75) is 18.5 Å². The fraction of sp³-hybridized carbons (Fsp3) is 0.273. The predicted molar refractivity (Wildman–Crippen MR) is 105 cm³/mol. The number of ether oxygens (including phenoxy) is 1. The molecule has 2 aromatic carbocycles. The highest BCUT2D eigenvalue weighted by Crippen LogP contribution is 2.49. The predicted octanol–water partition coefficient (Wildman–Crippen LogP) is 0.392. The van der Waals surface area contributed by atoms with E-state index in [1.807, 2.05) is 30.4 Å². The first-order valence-corrected chi connectivity index (χ1v) is 9.74. The number of methoxy groups -OCH3 is 1. The van der Waals surface area contributed by atoms with Crippen LogP contribution < -0.4 is 15.5 Å². The Morgan fingerprint density at radius 3 is 2.53 bits per heavy atom. The number of para-hydroxylation sites is 2. The summed E-state index contributed by atoms with van der Waals surface area (Å²) in [5, 5.41) is 4.70. The fourth-order valence-electron chi connectivity index (χ4n) is 5.29. The lowest BCUT2D eigenvalue weighted by Crippen LogP contribution is -2.98. The molecular formula is C22H20N3O5+. The topological polar surface area (TPSA) is 109 Å². The second kappa shape index (κ2) is 6.24. The van der Waals surface area contributed by atoms with Crippen molar-refractivity contribution in [1.82, 2.24) is 0 Å². The van der Waals surface area contributed by atoms with Crippen LogP contribution in [0.1, 0.15) is 22.8 Å². The van der Waals surface area contributed by atoms with Gasteiger partial charge in [-0.15, -0.1) is 0 Å². The van der Waals surface area contributed by atoms with Crippen molar-refractivity contribution in [1.29, 1.82) is 0 Å². The van der Waals surface area contributed by atoms with Crippen LogP contribution >= 0.6 is 0 Å². The van der Waals surface area contributed by atoms with Gasteiger partial charge in [0.05, 0.1) is 30.1 Å². The van der Waals surface area contributed by atoms with E-state index in [0.717, 1.165) is 4.90 Å². The number of carbonyl (C=O) groups excluding carboxylic acids is 4. The van der Waals surface area contributed by atoms with Crippen molar-refractivity contribution in [3.8, 4) is 0 Å². The van der Waals surface area contributed by atoms with Crippen molar-refractivity contribution in [3.05, 3.63) is 59.7 Å². The summed E-state index contributed by atoms with van der Waals surface area (Å²) in [5.41, 5.74) is 0.466. The quantitative estimate of drug-likeness (QED) is 0.554. The average molecular weight is 406 g/mol. The normalized spacial score (nSPS) is 29.2. The molecular weight excluding hydrogens is 386 g/mol. The van der Waals surface area contributed by atoms with Crippen LogP contribution in [0.2, 0.25) is 0 Å². The summed E-state index contributed by atoms with van der Waals surface area (Å²) in [5.74, 6) is -3.36. The average Bonchev–Trinajstić information content (AvgIpc) is 3.31. The molecule has 0 radical (unpaired) electrons. The van der Waals surface area contributed by atoms with Gasteiger partial charge in [-0.25, -0.2) is 9.69 Å². The first-order chi connectivity index (χ1) is 14.4. The largest absolute Gasteiger partial charge is 0.465 e. The molecule has 1 spiro atoms. The molecule has 0 saturated carbocycles. The van der Waals surface area contributed by atoms with Crippen molar-refractivity contribution >= 4 is 35.1 Å². The summed E-state index contributed by atoms with van der Waals surface area (Å²) in [7, 11) is 1.24. The molecule has 0 aliphatic carbocycles. The number of nitrogens with one attached hydrogen (secondary N) is 1. The van der Waals surface area contributed by atoms with Gasteiger partial charge in [-0.3, -0.25) is 14.4 Å². The number of quaternary nitrogens is 1. The van der Waals surface area contributed by atoms with Crippen LogP contribution in [0.25, 0.3) is 0 Å². The second-order valence-corrected chi connectivity index (χ2v) is 7.92. The molecule has 30 heavy (non-hydrogen) atoms. The third kappa shape index (κ3) is 2.14. The maximum Gasteiger partial charge on any atom is 0.339 e. The van der Waals surface area contributed by atoms with Gasteiger partial charge in [-0.05, 0) is 25.1 Å². The van der Waals surface area contributed by atoms with E-state index in [9.17, 15) is 19.2 Å². The third-order valence-corrected chi connectivity index (χ3v) is 6.48. The highest BCUT2D eigenvalue weighted by molar-refractivity contribution is 6.26. The van der Waals surface area contributed by atoms with Gasteiger partial charge >= 0.3 is 5.97 Å². The van der Waals surface area contributed by atoms with Gasteiger partial charge in [0.25, 0.3) is 5.91 Å². The molecule has 0 unspecified atom stereocenters. The summed E-state index contributed by atoms with van der Waals surface area (Å²) < 4.78 is 4.82. The standard InChI is InChI=1S/C22H19N3O5/c1-11-16-17(22(24-11)13-8-4-5-9-14(13)23-21(22)29)19(27)25(18(16)26)15-10-6-3-7-12(15)20(28)30-2/h3-11,16-17,24H,1-2H3,(H,23,29)/p+1/t11-,16+,17-,22+/m0/s1. The SMILES string of the molecule is COC(=O)c1ccccc1N1C(=O)[C@@H]2[C@H](C)[NH2+][C@@]3(C(=O)Nc4ccccc43)[C@@H]2C1=O. The summed E-state index contributed by atoms with van der Waals surface area (Å²) in [4.78, 5) is 53.6. The molecule has 2 saturated heterocycles. The van der Waals surface area contributed by atoms with Crippen molar-refractivity contribution in [2.75, 3.05) is 17.3 Å². The van der Waals surface area contributed by atoms with E-state index in [1.165, 1.54) is 13.2 Å². The van der Waals surface area contributed by atoms with Crippen molar-refractivity contribution in [3.63, 3.8) is 0 Å². The van der Waals surface area contributed by atoms with Crippen LogP contribution in [0, 0.1) is 11.8 Å². The number of nitrogens with zero attached hydrogens (tertiary/aromatic N) is 1. The minimum Gasteiger partial charge on any atom is -0.465 e. The van der Waals surface area contributed by atoms with Gasteiger partial charge in [0.1, 0.15) is 11.8 Å². The van der Waals surface area contributed by atoms with Gasteiger partial charge in [0.2, 0.25) is 17.4 Å². The number of fused-ring (bicyclic) bond motifs is 4. The van der Waals surface area contributed by atoms with E-state index in [0.29, 0.717) is 11.3 Å². The summed E-state index contributed by atoms with van der Waals surface area (Å²) >= 11 is 0. The molecule has 3 aliphatic heterocycles. The number of rotatable bonds is 2. The Morgan fingerprint density at radius 2 is 1.77 bits per heavy atom. The molecule has 0 aromatic heterocycles. The number of hydrogen-bond acceptors (Lipinski definition) is 5. The van der Waals surface area contributed by atoms with Crippen LogP contribution in [0.15, 0.2) is 48.5 Å². The summed E-state index contributed by atoms with van der Waals surface area (Å²) in [6.45, 7) is 1.85. The maximum absolute atomic E-state index is 13.7. The Bertz CT molecular complexity index is 1130. The lowest BCUT2D eigenvalue weighted by molar-refractivity contribution is -0.730. The minimum absolute atomic E-state index is 0.128. The molecule has 3 N–H and O–H groups in total. The first kappa shape index (κ1) is 18.5. The van der Waals surface area contributed by atoms with Crippen LogP contribution in [-0.2, 0) is 24.7 Å².